The summed E-state index contributed by atoms with van der Waals surface area (Å²) >= 11 is 0. The number of aliphatic hydroxyl groups is 1. The zero-order valence-electron chi connectivity index (χ0n) is 9.52. The fourth-order valence-corrected chi connectivity index (χ4v) is 1.90. The van der Waals surface area contributed by atoms with Gasteiger partial charge in [-0.25, -0.2) is 0 Å². The van der Waals surface area contributed by atoms with Crippen molar-refractivity contribution in [3.05, 3.63) is 0 Å². The van der Waals surface area contributed by atoms with Gasteiger partial charge in [-0.05, 0) is 44.1 Å². The first-order valence-corrected chi connectivity index (χ1v) is 6.14. The molecular formula is C12H25NO. The van der Waals surface area contributed by atoms with Crippen LogP contribution in [0.3, 0.4) is 0 Å². The average Bonchev–Trinajstić information content (AvgIpc) is 2.98. The van der Waals surface area contributed by atoms with E-state index in [4.69, 9.17) is 5.11 Å². The topological polar surface area (TPSA) is 32.3 Å². The largest absolute Gasteiger partial charge is 0.396 e. The monoisotopic (exact) mass is 199 g/mol. The van der Waals surface area contributed by atoms with E-state index < -0.39 is 0 Å². The van der Waals surface area contributed by atoms with Crippen molar-refractivity contribution >= 4 is 0 Å². The number of rotatable bonds is 9. The summed E-state index contributed by atoms with van der Waals surface area (Å²) in [6.45, 7) is 5.04. The molecule has 0 saturated heterocycles. The Kier molecular flexibility index (Phi) is 5.49. The Morgan fingerprint density at radius 3 is 2.43 bits per heavy atom. The lowest BCUT2D eigenvalue weighted by atomic mass is 10.0. The smallest absolute Gasteiger partial charge is 0.0431 e. The molecule has 1 aliphatic carbocycles. The summed E-state index contributed by atoms with van der Waals surface area (Å²) in [5, 5.41) is 12.2. The highest BCUT2D eigenvalue weighted by Crippen LogP contribution is 2.47. The highest BCUT2D eigenvalue weighted by Gasteiger charge is 2.39. The predicted octanol–water partition coefficient (Wildman–Crippen LogP) is 2.32. The summed E-state index contributed by atoms with van der Waals surface area (Å²) in [4.78, 5) is 0. The molecule has 0 aliphatic heterocycles. The lowest BCUT2D eigenvalue weighted by Crippen LogP contribution is -2.24. The van der Waals surface area contributed by atoms with Gasteiger partial charge in [0.25, 0.3) is 0 Å². The van der Waals surface area contributed by atoms with Gasteiger partial charge >= 0.3 is 0 Å². The summed E-state index contributed by atoms with van der Waals surface area (Å²) < 4.78 is 0. The molecule has 14 heavy (non-hydrogen) atoms. The molecule has 2 nitrogen and oxygen atoms in total. The van der Waals surface area contributed by atoms with Crippen LogP contribution in [-0.2, 0) is 0 Å². The third-order valence-corrected chi connectivity index (χ3v) is 3.47. The van der Waals surface area contributed by atoms with Crippen LogP contribution in [0, 0.1) is 5.41 Å². The Morgan fingerprint density at radius 1 is 1.14 bits per heavy atom. The number of hydrogen-bond donors (Lipinski definition) is 2. The van der Waals surface area contributed by atoms with Gasteiger partial charge in [0.1, 0.15) is 0 Å². The highest BCUT2D eigenvalue weighted by atomic mass is 16.2. The van der Waals surface area contributed by atoms with Crippen LogP contribution in [0.1, 0.15) is 51.9 Å². The van der Waals surface area contributed by atoms with Gasteiger partial charge in [0.05, 0.1) is 0 Å². The number of hydrogen-bond acceptors (Lipinski definition) is 2. The molecule has 1 rings (SSSR count). The standard InChI is InChI=1S/C12H25NO/c1-2-12(7-8-12)11-13-9-5-3-4-6-10-14/h13-14H,2-11H2,1H3. The van der Waals surface area contributed by atoms with Gasteiger partial charge in [-0.3, -0.25) is 0 Å². The van der Waals surface area contributed by atoms with Crippen LogP contribution in [0.2, 0.25) is 0 Å². The van der Waals surface area contributed by atoms with Crippen LogP contribution in [0.25, 0.3) is 0 Å². The molecule has 0 radical (unpaired) electrons. The molecule has 1 aliphatic rings. The zero-order valence-corrected chi connectivity index (χ0v) is 9.52. The molecule has 0 atom stereocenters. The van der Waals surface area contributed by atoms with Crippen molar-refractivity contribution in [1.29, 1.82) is 0 Å². The van der Waals surface area contributed by atoms with Crippen LogP contribution in [0.5, 0.6) is 0 Å². The second-order valence-corrected chi connectivity index (χ2v) is 4.67. The van der Waals surface area contributed by atoms with Crippen molar-refractivity contribution in [2.75, 3.05) is 19.7 Å². The molecule has 0 aromatic heterocycles. The van der Waals surface area contributed by atoms with E-state index in [1.54, 1.807) is 0 Å². The molecule has 84 valence electrons. The minimum atomic E-state index is 0.354. The molecule has 1 saturated carbocycles. The van der Waals surface area contributed by atoms with E-state index in [-0.39, 0.29) is 0 Å². The molecule has 2 heteroatoms. The zero-order chi connectivity index (χ0) is 10.3. The molecule has 2 N–H and O–H groups in total. The van der Waals surface area contributed by atoms with E-state index in [1.165, 1.54) is 45.1 Å². The summed E-state index contributed by atoms with van der Waals surface area (Å²) in [6.07, 6.45) is 8.87. The Labute approximate surface area is 88.1 Å². The molecule has 0 aromatic carbocycles. The maximum atomic E-state index is 8.60. The van der Waals surface area contributed by atoms with Crippen molar-refractivity contribution in [2.45, 2.75) is 51.9 Å². The van der Waals surface area contributed by atoms with Crippen molar-refractivity contribution in [2.24, 2.45) is 5.41 Å². The highest BCUT2D eigenvalue weighted by molar-refractivity contribution is 4.93. The normalized spacial score (nSPS) is 18.4. The lowest BCUT2D eigenvalue weighted by molar-refractivity contribution is 0.282. The van der Waals surface area contributed by atoms with Crippen LogP contribution < -0.4 is 5.32 Å². The first kappa shape index (κ1) is 12.0. The molecule has 0 unspecified atom stereocenters. The van der Waals surface area contributed by atoms with E-state index in [9.17, 15) is 0 Å². The number of aliphatic hydroxyl groups excluding tert-OH is 1. The first-order chi connectivity index (χ1) is 6.83. The average molecular weight is 199 g/mol. The van der Waals surface area contributed by atoms with Crippen LogP contribution >= 0.6 is 0 Å². The molecule has 0 bridgehead atoms. The fourth-order valence-electron chi connectivity index (χ4n) is 1.90. The minimum absolute atomic E-state index is 0.354. The van der Waals surface area contributed by atoms with Gasteiger partial charge < -0.3 is 10.4 Å². The second-order valence-electron chi connectivity index (χ2n) is 4.67. The molecule has 0 spiro atoms. The maximum Gasteiger partial charge on any atom is 0.0431 e. The third-order valence-electron chi connectivity index (χ3n) is 3.47. The van der Waals surface area contributed by atoms with Crippen molar-refractivity contribution in [3.63, 3.8) is 0 Å². The van der Waals surface area contributed by atoms with Crippen LogP contribution in [0.15, 0.2) is 0 Å². The van der Waals surface area contributed by atoms with Crippen LogP contribution in [-0.4, -0.2) is 24.8 Å². The Bertz CT molecular complexity index is 143. The van der Waals surface area contributed by atoms with Gasteiger partial charge in [-0.2, -0.15) is 0 Å². The summed E-state index contributed by atoms with van der Waals surface area (Å²) in [6, 6.07) is 0. The molecule has 0 heterocycles. The quantitative estimate of drug-likeness (QED) is 0.559. The predicted molar refractivity (Wildman–Crippen MR) is 60.4 cm³/mol. The van der Waals surface area contributed by atoms with Crippen molar-refractivity contribution in [3.8, 4) is 0 Å². The van der Waals surface area contributed by atoms with E-state index in [0.29, 0.717) is 12.0 Å². The number of nitrogens with one attached hydrogen (secondary N) is 1. The van der Waals surface area contributed by atoms with Crippen molar-refractivity contribution in [1.82, 2.24) is 5.32 Å². The van der Waals surface area contributed by atoms with Gasteiger partial charge in [0.2, 0.25) is 0 Å². The SMILES string of the molecule is CCC1(CNCCCCCCO)CC1. The van der Waals surface area contributed by atoms with Crippen LogP contribution in [0.4, 0.5) is 0 Å². The Hall–Kier alpha value is -0.0800. The summed E-state index contributed by atoms with van der Waals surface area (Å²) in [7, 11) is 0. The number of unbranched alkanes of at least 4 members (excludes halogenated alkanes) is 3. The molecular weight excluding hydrogens is 174 g/mol. The summed E-state index contributed by atoms with van der Waals surface area (Å²) in [5.41, 5.74) is 0.686. The van der Waals surface area contributed by atoms with Gasteiger partial charge in [0, 0.05) is 13.2 Å². The molecule has 1 fully saturated rings. The van der Waals surface area contributed by atoms with Gasteiger partial charge in [-0.15, -0.1) is 0 Å². The molecule has 0 amide bonds. The van der Waals surface area contributed by atoms with E-state index in [2.05, 4.69) is 12.2 Å². The molecule has 0 aromatic rings. The van der Waals surface area contributed by atoms with Gasteiger partial charge in [0.15, 0.2) is 0 Å². The van der Waals surface area contributed by atoms with E-state index in [0.717, 1.165) is 13.0 Å². The van der Waals surface area contributed by atoms with E-state index >= 15 is 0 Å². The second kappa shape index (κ2) is 6.41. The first-order valence-electron chi connectivity index (χ1n) is 6.14. The maximum absolute atomic E-state index is 8.60. The van der Waals surface area contributed by atoms with Crippen molar-refractivity contribution < 1.29 is 5.11 Å². The minimum Gasteiger partial charge on any atom is -0.396 e. The van der Waals surface area contributed by atoms with E-state index in [1.807, 2.05) is 0 Å². The lowest BCUT2D eigenvalue weighted by Gasteiger charge is -2.12. The fraction of sp³-hybridized carbons (Fsp3) is 1.00. The third kappa shape index (κ3) is 4.43. The van der Waals surface area contributed by atoms with Gasteiger partial charge in [-0.1, -0.05) is 19.8 Å². The summed E-state index contributed by atoms with van der Waals surface area (Å²) in [5.74, 6) is 0. The Morgan fingerprint density at radius 2 is 1.86 bits per heavy atom. The Balaban J connectivity index is 1.80.